The van der Waals surface area contributed by atoms with Crippen LogP contribution >= 0.6 is 15.9 Å². The highest BCUT2D eigenvalue weighted by molar-refractivity contribution is 9.10. The second-order valence-electron chi connectivity index (χ2n) is 5.02. The predicted molar refractivity (Wildman–Crippen MR) is 76.2 cm³/mol. The maximum absolute atomic E-state index is 4.19. The molecule has 2 rings (SSSR count). The van der Waals surface area contributed by atoms with Gasteiger partial charge in [-0.2, -0.15) is 0 Å². The molecule has 94 valence electrons. The number of aromatic nitrogens is 1. The summed E-state index contributed by atoms with van der Waals surface area (Å²) < 4.78 is 1.04. The van der Waals surface area contributed by atoms with Gasteiger partial charge >= 0.3 is 0 Å². The smallest absolute Gasteiger partial charge is 0.0540 e. The summed E-state index contributed by atoms with van der Waals surface area (Å²) in [6.07, 6.45) is 11.8. The Kier molecular flexibility index (Phi) is 4.84. The number of nitrogens with zero attached hydrogens (tertiary/aromatic N) is 1. The monoisotopic (exact) mass is 296 g/mol. The summed E-state index contributed by atoms with van der Waals surface area (Å²) in [6, 6.07) is 2.73. The van der Waals surface area contributed by atoms with Gasteiger partial charge in [-0.15, -0.1) is 0 Å². The van der Waals surface area contributed by atoms with Gasteiger partial charge in [0.25, 0.3) is 0 Å². The summed E-state index contributed by atoms with van der Waals surface area (Å²) in [5.41, 5.74) is 1.14. The van der Waals surface area contributed by atoms with Crippen LogP contribution in [0.4, 0.5) is 5.69 Å². The number of halogens is 1. The second kappa shape index (κ2) is 6.39. The van der Waals surface area contributed by atoms with E-state index in [1.807, 2.05) is 12.4 Å². The van der Waals surface area contributed by atoms with Crippen molar-refractivity contribution in [2.24, 2.45) is 5.92 Å². The minimum atomic E-state index is 0.627. The molecule has 0 radical (unpaired) electrons. The third-order valence-electron chi connectivity index (χ3n) is 3.74. The van der Waals surface area contributed by atoms with Crippen molar-refractivity contribution in [1.29, 1.82) is 0 Å². The molecule has 0 aliphatic heterocycles. The number of hydrogen-bond acceptors (Lipinski definition) is 2. The number of nitrogens with one attached hydrogen (secondary N) is 1. The van der Waals surface area contributed by atoms with Gasteiger partial charge in [0.15, 0.2) is 0 Å². The van der Waals surface area contributed by atoms with Gasteiger partial charge in [0.1, 0.15) is 0 Å². The van der Waals surface area contributed by atoms with Gasteiger partial charge in [0, 0.05) is 16.7 Å². The summed E-state index contributed by atoms with van der Waals surface area (Å²) in [5.74, 6) is 0.947. The van der Waals surface area contributed by atoms with Gasteiger partial charge in [0.05, 0.1) is 11.9 Å². The molecular formula is C14H21BrN2. The van der Waals surface area contributed by atoms with Crippen LogP contribution in [0.2, 0.25) is 0 Å². The maximum atomic E-state index is 4.19. The van der Waals surface area contributed by atoms with E-state index in [0.29, 0.717) is 6.04 Å². The van der Waals surface area contributed by atoms with E-state index in [9.17, 15) is 0 Å². The third-order valence-corrected chi connectivity index (χ3v) is 4.18. The molecule has 1 aromatic heterocycles. The first-order valence-electron chi connectivity index (χ1n) is 6.65. The van der Waals surface area contributed by atoms with Crippen LogP contribution in [0.1, 0.15) is 45.4 Å². The zero-order valence-corrected chi connectivity index (χ0v) is 12.0. The van der Waals surface area contributed by atoms with Crippen molar-refractivity contribution in [2.75, 3.05) is 5.32 Å². The van der Waals surface area contributed by atoms with Gasteiger partial charge in [-0.25, -0.2) is 0 Å². The van der Waals surface area contributed by atoms with Crippen molar-refractivity contribution in [3.05, 3.63) is 22.9 Å². The SMILES string of the molecule is CCC1CCCC(Nc2cncc(Br)c2)CC1. The lowest BCUT2D eigenvalue weighted by Crippen LogP contribution is -2.18. The quantitative estimate of drug-likeness (QED) is 0.824. The Morgan fingerprint density at radius 3 is 2.94 bits per heavy atom. The second-order valence-corrected chi connectivity index (χ2v) is 5.93. The Morgan fingerprint density at radius 1 is 1.29 bits per heavy atom. The van der Waals surface area contributed by atoms with E-state index >= 15 is 0 Å². The highest BCUT2D eigenvalue weighted by Gasteiger charge is 2.17. The molecule has 1 fully saturated rings. The average molecular weight is 297 g/mol. The fraction of sp³-hybridized carbons (Fsp3) is 0.643. The van der Waals surface area contributed by atoms with Gasteiger partial charge in [-0.1, -0.05) is 26.2 Å². The van der Waals surface area contributed by atoms with Crippen molar-refractivity contribution >= 4 is 21.6 Å². The van der Waals surface area contributed by atoms with Crippen molar-refractivity contribution in [2.45, 2.75) is 51.5 Å². The summed E-state index contributed by atoms with van der Waals surface area (Å²) in [6.45, 7) is 2.32. The van der Waals surface area contributed by atoms with E-state index in [1.54, 1.807) is 0 Å². The molecule has 0 aromatic carbocycles. The van der Waals surface area contributed by atoms with E-state index in [2.05, 4.69) is 39.2 Å². The van der Waals surface area contributed by atoms with Crippen LogP contribution in [0.25, 0.3) is 0 Å². The molecule has 1 N–H and O–H groups in total. The first-order valence-corrected chi connectivity index (χ1v) is 7.44. The molecule has 2 nitrogen and oxygen atoms in total. The lowest BCUT2D eigenvalue weighted by atomic mass is 9.98. The van der Waals surface area contributed by atoms with Gasteiger partial charge < -0.3 is 5.32 Å². The van der Waals surface area contributed by atoms with Gasteiger partial charge in [-0.05, 0) is 47.2 Å². The molecule has 0 saturated heterocycles. The highest BCUT2D eigenvalue weighted by atomic mass is 79.9. The molecule has 0 spiro atoms. The summed E-state index contributed by atoms with van der Waals surface area (Å²) in [5, 5.41) is 3.61. The lowest BCUT2D eigenvalue weighted by Gasteiger charge is -2.17. The summed E-state index contributed by atoms with van der Waals surface area (Å²) in [7, 11) is 0. The predicted octanol–water partition coefficient (Wildman–Crippen LogP) is 4.61. The standard InChI is InChI=1S/C14H21BrN2/c1-2-11-4-3-5-13(7-6-11)17-14-8-12(15)9-16-10-14/h8-11,13,17H,2-7H2,1H3. The molecular weight excluding hydrogens is 276 g/mol. The minimum absolute atomic E-state index is 0.627. The molecule has 1 heterocycles. The molecule has 1 aliphatic carbocycles. The first-order chi connectivity index (χ1) is 8.28. The van der Waals surface area contributed by atoms with Crippen LogP contribution in [-0.2, 0) is 0 Å². The molecule has 0 amide bonds. The van der Waals surface area contributed by atoms with Crippen LogP contribution in [0.5, 0.6) is 0 Å². The summed E-state index contributed by atoms with van der Waals surface area (Å²) >= 11 is 3.46. The number of anilines is 1. The van der Waals surface area contributed by atoms with Crippen LogP contribution in [0, 0.1) is 5.92 Å². The van der Waals surface area contributed by atoms with E-state index in [0.717, 1.165) is 16.1 Å². The van der Waals surface area contributed by atoms with Crippen LogP contribution in [-0.4, -0.2) is 11.0 Å². The van der Waals surface area contributed by atoms with E-state index in [1.165, 1.54) is 38.5 Å². The number of hydrogen-bond donors (Lipinski definition) is 1. The van der Waals surface area contributed by atoms with E-state index in [-0.39, 0.29) is 0 Å². The van der Waals surface area contributed by atoms with Crippen LogP contribution in [0.15, 0.2) is 22.9 Å². The zero-order valence-electron chi connectivity index (χ0n) is 10.5. The van der Waals surface area contributed by atoms with Crippen molar-refractivity contribution in [3.8, 4) is 0 Å². The van der Waals surface area contributed by atoms with Gasteiger partial charge in [-0.3, -0.25) is 4.98 Å². The molecule has 2 unspecified atom stereocenters. The van der Waals surface area contributed by atoms with Crippen LogP contribution < -0.4 is 5.32 Å². The molecule has 0 bridgehead atoms. The molecule has 3 heteroatoms. The number of pyridine rings is 1. The van der Waals surface area contributed by atoms with E-state index < -0.39 is 0 Å². The molecule has 2 atom stereocenters. The molecule has 1 aromatic rings. The largest absolute Gasteiger partial charge is 0.381 e. The molecule has 1 saturated carbocycles. The first kappa shape index (κ1) is 12.9. The minimum Gasteiger partial charge on any atom is -0.381 e. The Labute approximate surface area is 112 Å². The Bertz CT molecular complexity index is 354. The maximum Gasteiger partial charge on any atom is 0.0540 e. The number of rotatable bonds is 3. The van der Waals surface area contributed by atoms with Crippen molar-refractivity contribution in [3.63, 3.8) is 0 Å². The fourth-order valence-electron chi connectivity index (χ4n) is 2.66. The van der Waals surface area contributed by atoms with Gasteiger partial charge in [0.2, 0.25) is 0 Å². The lowest BCUT2D eigenvalue weighted by molar-refractivity contribution is 0.444. The van der Waals surface area contributed by atoms with Crippen molar-refractivity contribution < 1.29 is 0 Å². The average Bonchev–Trinajstić information content (AvgIpc) is 2.54. The Hall–Kier alpha value is -0.570. The molecule has 1 aliphatic rings. The topological polar surface area (TPSA) is 24.9 Å². The van der Waals surface area contributed by atoms with Crippen molar-refractivity contribution in [1.82, 2.24) is 4.98 Å². The Balaban J connectivity index is 1.90. The van der Waals surface area contributed by atoms with E-state index in [4.69, 9.17) is 0 Å². The normalized spacial score (nSPS) is 25.3. The third kappa shape index (κ3) is 3.98. The Morgan fingerprint density at radius 2 is 2.18 bits per heavy atom. The highest BCUT2D eigenvalue weighted by Crippen LogP contribution is 2.27. The molecule has 17 heavy (non-hydrogen) atoms. The van der Waals surface area contributed by atoms with Crippen LogP contribution in [0.3, 0.4) is 0 Å². The zero-order chi connectivity index (χ0) is 12.1. The fourth-order valence-corrected chi connectivity index (χ4v) is 3.02. The summed E-state index contributed by atoms with van der Waals surface area (Å²) in [4.78, 5) is 4.19.